The summed E-state index contributed by atoms with van der Waals surface area (Å²) in [5.74, 6) is -1.29. The van der Waals surface area contributed by atoms with E-state index < -0.39 is 5.97 Å². The number of nitrogens with zero attached hydrogens (tertiary/aromatic N) is 1. The summed E-state index contributed by atoms with van der Waals surface area (Å²) < 4.78 is 13.4. The van der Waals surface area contributed by atoms with Gasteiger partial charge >= 0.3 is 5.97 Å². The molecular formula is C12H11FN2O2S. The highest BCUT2D eigenvalue weighted by Gasteiger charge is 2.13. The van der Waals surface area contributed by atoms with Crippen LogP contribution in [-0.2, 0) is 6.54 Å². The molecule has 2 aromatic rings. The van der Waals surface area contributed by atoms with Crippen LogP contribution in [0, 0.1) is 12.7 Å². The largest absolute Gasteiger partial charge is 0.477 e. The fraction of sp³-hybridized carbons (Fsp3) is 0.167. The first kappa shape index (κ1) is 12.5. The Hall–Kier alpha value is -1.95. The lowest BCUT2D eigenvalue weighted by atomic mass is 10.2. The van der Waals surface area contributed by atoms with Gasteiger partial charge in [0.2, 0.25) is 0 Å². The van der Waals surface area contributed by atoms with E-state index in [9.17, 15) is 9.18 Å². The van der Waals surface area contributed by atoms with Crippen LogP contribution in [0.25, 0.3) is 0 Å². The Kier molecular flexibility index (Phi) is 3.57. The van der Waals surface area contributed by atoms with Crippen molar-refractivity contribution in [2.24, 2.45) is 0 Å². The molecule has 0 radical (unpaired) electrons. The van der Waals surface area contributed by atoms with Gasteiger partial charge in [-0.2, -0.15) is 0 Å². The van der Waals surface area contributed by atoms with Gasteiger partial charge in [0.05, 0.1) is 5.69 Å². The van der Waals surface area contributed by atoms with Crippen LogP contribution in [0.1, 0.15) is 20.9 Å². The van der Waals surface area contributed by atoms with Gasteiger partial charge in [0.25, 0.3) is 0 Å². The van der Waals surface area contributed by atoms with E-state index in [1.54, 1.807) is 25.1 Å². The predicted octanol–water partition coefficient (Wildman–Crippen LogP) is 2.90. The van der Waals surface area contributed by atoms with Crippen molar-refractivity contribution in [3.8, 4) is 0 Å². The second kappa shape index (κ2) is 5.14. The highest BCUT2D eigenvalue weighted by Crippen LogP contribution is 2.23. The van der Waals surface area contributed by atoms with E-state index in [0.29, 0.717) is 16.4 Å². The van der Waals surface area contributed by atoms with E-state index in [1.165, 1.54) is 6.07 Å². The average molecular weight is 266 g/mol. The summed E-state index contributed by atoms with van der Waals surface area (Å²) in [5.41, 5.74) is 0.978. The number of benzene rings is 1. The monoisotopic (exact) mass is 266 g/mol. The summed E-state index contributed by atoms with van der Waals surface area (Å²) in [6.07, 6.45) is 0. The molecule has 0 bridgehead atoms. The topological polar surface area (TPSA) is 62.2 Å². The fourth-order valence-corrected chi connectivity index (χ4v) is 2.28. The van der Waals surface area contributed by atoms with Gasteiger partial charge in [-0.3, -0.25) is 0 Å². The molecule has 94 valence electrons. The van der Waals surface area contributed by atoms with Gasteiger partial charge in [-0.1, -0.05) is 29.5 Å². The number of hydrogen-bond acceptors (Lipinski definition) is 4. The molecule has 0 fully saturated rings. The van der Waals surface area contributed by atoms with Gasteiger partial charge < -0.3 is 10.4 Å². The third-order valence-corrected chi connectivity index (χ3v) is 3.48. The summed E-state index contributed by atoms with van der Waals surface area (Å²) in [7, 11) is 0. The minimum atomic E-state index is -0.996. The van der Waals surface area contributed by atoms with Crippen molar-refractivity contribution < 1.29 is 14.3 Å². The van der Waals surface area contributed by atoms with Crippen LogP contribution in [0.4, 0.5) is 9.52 Å². The van der Waals surface area contributed by atoms with E-state index in [-0.39, 0.29) is 17.2 Å². The van der Waals surface area contributed by atoms with Crippen molar-refractivity contribution in [3.63, 3.8) is 0 Å². The maximum Gasteiger partial charge on any atom is 0.347 e. The molecule has 0 saturated carbocycles. The van der Waals surface area contributed by atoms with Crippen LogP contribution in [0.5, 0.6) is 0 Å². The summed E-state index contributed by atoms with van der Waals surface area (Å²) in [4.78, 5) is 15.1. The number of hydrogen-bond donors (Lipinski definition) is 2. The van der Waals surface area contributed by atoms with Crippen LogP contribution in [0.2, 0.25) is 0 Å². The Morgan fingerprint density at radius 1 is 1.50 bits per heavy atom. The van der Waals surface area contributed by atoms with Gasteiger partial charge in [0.1, 0.15) is 10.7 Å². The molecule has 0 amide bonds. The number of anilines is 1. The number of aromatic nitrogens is 1. The van der Waals surface area contributed by atoms with E-state index in [2.05, 4.69) is 10.3 Å². The first-order valence-corrected chi connectivity index (χ1v) is 6.07. The number of carboxylic acid groups (broad SMARTS) is 1. The molecule has 1 aromatic carbocycles. The quantitative estimate of drug-likeness (QED) is 0.893. The number of carboxylic acids is 1. The van der Waals surface area contributed by atoms with Crippen molar-refractivity contribution in [1.29, 1.82) is 0 Å². The number of nitrogens with one attached hydrogen (secondary N) is 1. The van der Waals surface area contributed by atoms with Crippen molar-refractivity contribution in [2.75, 3.05) is 5.32 Å². The van der Waals surface area contributed by atoms with Gasteiger partial charge in [-0.05, 0) is 13.0 Å². The molecule has 2 N–H and O–H groups in total. The lowest BCUT2D eigenvalue weighted by Gasteiger charge is -2.03. The third kappa shape index (κ3) is 2.65. The molecule has 2 rings (SSSR count). The first-order valence-electron chi connectivity index (χ1n) is 5.26. The normalized spacial score (nSPS) is 10.3. The summed E-state index contributed by atoms with van der Waals surface area (Å²) in [6.45, 7) is 1.91. The Morgan fingerprint density at radius 2 is 2.22 bits per heavy atom. The van der Waals surface area contributed by atoms with Gasteiger partial charge in [-0.25, -0.2) is 14.2 Å². The molecule has 0 aliphatic heterocycles. The van der Waals surface area contributed by atoms with E-state index in [1.807, 2.05) is 0 Å². The summed E-state index contributed by atoms with van der Waals surface area (Å²) in [6, 6.07) is 6.42. The van der Waals surface area contributed by atoms with Crippen LogP contribution >= 0.6 is 11.3 Å². The molecule has 0 aliphatic carbocycles. The molecule has 0 aliphatic rings. The highest BCUT2D eigenvalue weighted by molar-refractivity contribution is 7.17. The molecule has 0 saturated heterocycles. The third-order valence-electron chi connectivity index (χ3n) is 2.38. The molecule has 18 heavy (non-hydrogen) atoms. The van der Waals surface area contributed by atoms with Crippen LogP contribution < -0.4 is 5.32 Å². The lowest BCUT2D eigenvalue weighted by Crippen LogP contribution is -2.01. The number of halogens is 1. The Labute approximate surface area is 107 Å². The maximum atomic E-state index is 13.4. The standard InChI is InChI=1S/C12H11FN2O2S/c1-7-10(11(16)17)18-12(15-7)14-6-8-4-2-3-5-9(8)13/h2-5H,6H2,1H3,(H,14,15)(H,16,17). The average Bonchev–Trinajstić information content (AvgIpc) is 2.70. The second-order valence-electron chi connectivity index (χ2n) is 3.68. The van der Waals surface area contributed by atoms with Crippen molar-refractivity contribution in [2.45, 2.75) is 13.5 Å². The SMILES string of the molecule is Cc1nc(NCc2ccccc2F)sc1C(=O)O. The molecule has 0 unspecified atom stereocenters. The van der Waals surface area contributed by atoms with Gasteiger partial charge in [-0.15, -0.1) is 0 Å². The second-order valence-corrected chi connectivity index (χ2v) is 4.68. The molecule has 4 nitrogen and oxygen atoms in total. The smallest absolute Gasteiger partial charge is 0.347 e. The zero-order valence-corrected chi connectivity index (χ0v) is 10.4. The molecule has 0 atom stereocenters. The van der Waals surface area contributed by atoms with Crippen LogP contribution in [0.15, 0.2) is 24.3 Å². The number of aryl methyl sites for hydroxylation is 1. The minimum absolute atomic E-state index is 0.200. The number of aromatic carboxylic acids is 1. The number of rotatable bonds is 4. The first-order chi connectivity index (χ1) is 8.58. The molecule has 0 spiro atoms. The molecular weight excluding hydrogens is 255 g/mol. The van der Waals surface area contributed by atoms with Gasteiger partial charge in [0, 0.05) is 12.1 Å². The molecule has 1 aromatic heterocycles. The zero-order chi connectivity index (χ0) is 13.1. The minimum Gasteiger partial charge on any atom is -0.477 e. The predicted molar refractivity (Wildman–Crippen MR) is 67.5 cm³/mol. The highest BCUT2D eigenvalue weighted by atomic mass is 32.1. The summed E-state index contributed by atoms with van der Waals surface area (Å²) in [5, 5.41) is 12.3. The Balaban J connectivity index is 2.09. The number of thiazole rings is 1. The van der Waals surface area contributed by atoms with Crippen molar-refractivity contribution >= 4 is 22.4 Å². The van der Waals surface area contributed by atoms with Crippen LogP contribution in [-0.4, -0.2) is 16.1 Å². The fourth-order valence-electron chi connectivity index (χ4n) is 1.48. The summed E-state index contributed by atoms with van der Waals surface area (Å²) >= 11 is 1.05. The van der Waals surface area contributed by atoms with E-state index >= 15 is 0 Å². The lowest BCUT2D eigenvalue weighted by molar-refractivity contribution is 0.0701. The van der Waals surface area contributed by atoms with Crippen molar-refractivity contribution in [3.05, 3.63) is 46.2 Å². The van der Waals surface area contributed by atoms with Gasteiger partial charge in [0.15, 0.2) is 5.13 Å². The number of carbonyl (C=O) groups is 1. The molecule has 6 heteroatoms. The van der Waals surface area contributed by atoms with E-state index in [4.69, 9.17) is 5.11 Å². The van der Waals surface area contributed by atoms with Crippen LogP contribution in [0.3, 0.4) is 0 Å². The zero-order valence-electron chi connectivity index (χ0n) is 9.61. The van der Waals surface area contributed by atoms with E-state index in [0.717, 1.165) is 11.3 Å². The maximum absolute atomic E-state index is 13.4. The molecule has 1 heterocycles. The Bertz CT molecular complexity index is 583. The van der Waals surface area contributed by atoms with Crippen molar-refractivity contribution in [1.82, 2.24) is 4.98 Å². The Morgan fingerprint density at radius 3 is 2.83 bits per heavy atom.